The Hall–Kier alpha value is -3.66. The van der Waals surface area contributed by atoms with Crippen LogP contribution in [0.1, 0.15) is 51.4 Å². The Labute approximate surface area is 225 Å². The van der Waals surface area contributed by atoms with Crippen LogP contribution in [0.3, 0.4) is 0 Å². The maximum absolute atomic E-state index is 13.8. The lowest BCUT2D eigenvalue weighted by molar-refractivity contribution is 0.0997. The van der Waals surface area contributed by atoms with Crippen molar-refractivity contribution in [1.29, 1.82) is 0 Å². The number of rotatable bonds is 9. The van der Waals surface area contributed by atoms with Gasteiger partial charge in [0.25, 0.3) is 5.91 Å². The zero-order chi connectivity index (χ0) is 27.7. The van der Waals surface area contributed by atoms with Gasteiger partial charge in [0.15, 0.2) is 5.03 Å². The average molecular weight is 537 g/mol. The molecule has 1 amide bonds. The number of nitrogens with one attached hydrogen (secondary N) is 1. The average Bonchev–Trinajstić information content (AvgIpc) is 3.16. The summed E-state index contributed by atoms with van der Waals surface area (Å²) in [6, 6.07) is 13.9. The third-order valence-corrected chi connectivity index (χ3v) is 8.72. The van der Waals surface area contributed by atoms with E-state index in [4.69, 9.17) is 5.73 Å². The number of sulfone groups is 1. The number of benzene rings is 1. The fourth-order valence-corrected chi connectivity index (χ4v) is 6.69. The van der Waals surface area contributed by atoms with Gasteiger partial charge in [0.05, 0.1) is 4.90 Å². The molecule has 38 heavy (non-hydrogen) atoms. The molecule has 10 heteroatoms. The lowest BCUT2D eigenvalue weighted by Crippen LogP contribution is -2.40. The molecule has 0 bridgehead atoms. The zero-order valence-electron chi connectivity index (χ0n) is 22.6. The lowest BCUT2D eigenvalue weighted by Gasteiger charge is -2.33. The lowest BCUT2D eigenvalue weighted by atomic mass is 9.97. The second-order valence-corrected chi connectivity index (χ2v) is 12.2. The predicted molar refractivity (Wildman–Crippen MR) is 151 cm³/mol. The largest absolute Gasteiger partial charge is 0.372 e. The molecule has 3 heterocycles. The summed E-state index contributed by atoms with van der Waals surface area (Å²) in [5.74, 6) is 0.171. The zero-order valence-corrected chi connectivity index (χ0v) is 23.4. The van der Waals surface area contributed by atoms with E-state index in [1.165, 1.54) is 18.3 Å². The highest BCUT2D eigenvalue weighted by atomic mass is 32.2. The number of aromatic nitrogens is 2. The van der Waals surface area contributed by atoms with Gasteiger partial charge in [-0.25, -0.2) is 18.4 Å². The maximum Gasteiger partial charge on any atom is 0.253 e. The summed E-state index contributed by atoms with van der Waals surface area (Å²) in [5, 5.41) is 2.99. The molecule has 1 atom stereocenters. The Morgan fingerprint density at radius 1 is 1.13 bits per heavy atom. The standard InChI is InChI=1S/C28H36N6O3S/c1-6-33(7-2)21-13-11-20(12-14-21)31-23-9-8-10-24(32-23)38(36,37)22-15-16-30-27(25(22)26(29)35)34-18-19(3)17-28(34,4)5/h8-16,19H,6-7,17-18H2,1-5H3,(H2,29,35)(H,31,32). The molecule has 1 unspecified atom stereocenters. The number of hydrogen-bond donors (Lipinski definition) is 2. The highest BCUT2D eigenvalue weighted by Gasteiger charge is 2.40. The van der Waals surface area contributed by atoms with E-state index in [2.05, 4.69) is 54.8 Å². The molecule has 1 fully saturated rings. The van der Waals surface area contributed by atoms with Crippen molar-refractivity contribution in [1.82, 2.24) is 9.97 Å². The van der Waals surface area contributed by atoms with E-state index in [0.29, 0.717) is 18.3 Å². The van der Waals surface area contributed by atoms with E-state index in [-0.39, 0.29) is 26.8 Å². The van der Waals surface area contributed by atoms with E-state index < -0.39 is 15.7 Å². The molecule has 1 saturated heterocycles. The number of anilines is 4. The number of carbonyl (C=O) groups is 1. The Kier molecular flexibility index (Phi) is 7.64. The van der Waals surface area contributed by atoms with Crippen LogP contribution in [0.4, 0.5) is 23.0 Å². The maximum atomic E-state index is 13.8. The van der Waals surface area contributed by atoms with E-state index >= 15 is 0 Å². The molecular weight excluding hydrogens is 500 g/mol. The summed E-state index contributed by atoms with van der Waals surface area (Å²) < 4.78 is 27.6. The molecule has 202 valence electrons. The first kappa shape index (κ1) is 27.4. The third-order valence-electron chi connectivity index (χ3n) is 7.02. The number of pyridine rings is 2. The molecule has 2 aromatic heterocycles. The molecule has 4 rings (SSSR count). The molecule has 0 aliphatic carbocycles. The van der Waals surface area contributed by atoms with Crippen LogP contribution in [0.15, 0.2) is 64.6 Å². The van der Waals surface area contributed by atoms with E-state index in [1.807, 2.05) is 29.2 Å². The quantitative estimate of drug-likeness (QED) is 0.406. The number of hydrogen-bond acceptors (Lipinski definition) is 8. The Morgan fingerprint density at radius 3 is 2.39 bits per heavy atom. The predicted octanol–water partition coefficient (Wildman–Crippen LogP) is 4.62. The minimum atomic E-state index is -4.18. The first-order valence-corrected chi connectivity index (χ1v) is 14.4. The van der Waals surface area contributed by atoms with E-state index in [1.54, 1.807) is 12.1 Å². The molecule has 0 spiro atoms. The van der Waals surface area contributed by atoms with E-state index in [0.717, 1.165) is 30.9 Å². The fourth-order valence-electron chi connectivity index (χ4n) is 5.29. The molecule has 0 radical (unpaired) electrons. The van der Waals surface area contributed by atoms with Gasteiger partial charge in [0.2, 0.25) is 9.84 Å². The van der Waals surface area contributed by atoms with Gasteiger partial charge < -0.3 is 20.9 Å². The molecule has 1 aromatic carbocycles. The summed E-state index contributed by atoms with van der Waals surface area (Å²) in [7, 11) is -4.18. The van der Waals surface area contributed by atoms with Crippen LogP contribution in [0.25, 0.3) is 0 Å². The van der Waals surface area contributed by atoms with Crippen molar-refractivity contribution in [3.8, 4) is 0 Å². The fraction of sp³-hybridized carbons (Fsp3) is 0.393. The number of carbonyl (C=O) groups excluding carboxylic acids is 1. The van der Waals surface area contributed by atoms with Crippen LogP contribution in [0.2, 0.25) is 0 Å². The van der Waals surface area contributed by atoms with Crippen LogP contribution in [-0.2, 0) is 9.84 Å². The molecule has 3 N–H and O–H groups in total. The van der Waals surface area contributed by atoms with Crippen molar-refractivity contribution < 1.29 is 13.2 Å². The molecular formula is C28H36N6O3S. The highest BCUT2D eigenvalue weighted by Crippen LogP contribution is 2.39. The Morgan fingerprint density at radius 2 is 1.82 bits per heavy atom. The minimum Gasteiger partial charge on any atom is -0.372 e. The third kappa shape index (κ3) is 5.31. The van der Waals surface area contributed by atoms with Crippen molar-refractivity contribution >= 4 is 38.8 Å². The Bertz CT molecular complexity index is 1420. The summed E-state index contributed by atoms with van der Waals surface area (Å²) in [6.07, 6.45) is 2.29. The van der Waals surface area contributed by atoms with Gasteiger partial charge in [0.1, 0.15) is 17.2 Å². The topological polar surface area (TPSA) is 122 Å². The van der Waals surface area contributed by atoms with Gasteiger partial charge in [-0.1, -0.05) is 13.0 Å². The summed E-state index contributed by atoms with van der Waals surface area (Å²) in [6.45, 7) is 12.9. The molecule has 1 aliphatic heterocycles. The van der Waals surface area contributed by atoms with Crippen molar-refractivity contribution in [2.75, 3.05) is 34.8 Å². The molecule has 0 saturated carbocycles. The summed E-state index contributed by atoms with van der Waals surface area (Å²) in [5.41, 5.74) is 7.23. The van der Waals surface area contributed by atoms with Crippen molar-refractivity contribution in [2.24, 2.45) is 11.7 Å². The highest BCUT2D eigenvalue weighted by molar-refractivity contribution is 7.91. The molecule has 1 aliphatic rings. The first-order valence-electron chi connectivity index (χ1n) is 12.9. The Balaban J connectivity index is 1.69. The van der Waals surface area contributed by atoms with Gasteiger partial charge in [-0.2, -0.15) is 0 Å². The smallest absolute Gasteiger partial charge is 0.253 e. The van der Waals surface area contributed by atoms with Crippen molar-refractivity contribution in [3.05, 3.63) is 60.3 Å². The van der Waals surface area contributed by atoms with Crippen molar-refractivity contribution in [2.45, 2.75) is 56.5 Å². The number of primary amides is 1. The number of nitrogens with zero attached hydrogens (tertiary/aromatic N) is 4. The van der Waals surface area contributed by atoms with E-state index in [9.17, 15) is 13.2 Å². The van der Waals surface area contributed by atoms with Gasteiger partial charge in [-0.05, 0) is 82.5 Å². The monoisotopic (exact) mass is 536 g/mol. The number of nitrogens with two attached hydrogens (primary N) is 1. The normalized spacial score (nSPS) is 16.9. The van der Waals surface area contributed by atoms with Crippen LogP contribution in [0.5, 0.6) is 0 Å². The molecule has 9 nitrogen and oxygen atoms in total. The van der Waals surface area contributed by atoms with Crippen LogP contribution in [0, 0.1) is 5.92 Å². The van der Waals surface area contributed by atoms with Crippen LogP contribution < -0.4 is 20.9 Å². The second-order valence-electron chi connectivity index (χ2n) is 10.3. The van der Waals surface area contributed by atoms with Crippen LogP contribution in [-0.4, -0.2) is 49.5 Å². The number of amides is 1. The van der Waals surface area contributed by atoms with Gasteiger partial charge in [0, 0.05) is 42.7 Å². The first-order chi connectivity index (χ1) is 18.0. The molecule has 3 aromatic rings. The van der Waals surface area contributed by atoms with Crippen LogP contribution >= 0.6 is 0 Å². The summed E-state index contributed by atoms with van der Waals surface area (Å²) >= 11 is 0. The minimum absolute atomic E-state index is 0.109. The van der Waals surface area contributed by atoms with Gasteiger partial charge in [-0.15, -0.1) is 0 Å². The van der Waals surface area contributed by atoms with Gasteiger partial charge >= 0.3 is 0 Å². The second kappa shape index (κ2) is 10.6. The van der Waals surface area contributed by atoms with Crippen molar-refractivity contribution in [3.63, 3.8) is 0 Å². The summed E-state index contributed by atoms with van der Waals surface area (Å²) in [4.78, 5) is 25.5. The SMILES string of the molecule is CCN(CC)c1ccc(Nc2cccc(S(=O)(=O)c3ccnc(N4CC(C)CC4(C)C)c3C(N)=O)n2)cc1. The van der Waals surface area contributed by atoms with Gasteiger partial charge in [-0.3, -0.25) is 4.79 Å².